The van der Waals surface area contributed by atoms with E-state index in [1.165, 1.54) is 0 Å². The summed E-state index contributed by atoms with van der Waals surface area (Å²) in [5.41, 5.74) is 0. The van der Waals surface area contributed by atoms with Gasteiger partial charge < -0.3 is 20.1 Å². The molecule has 0 saturated heterocycles. The molecule has 1 atom stereocenters. The Morgan fingerprint density at radius 1 is 1.39 bits per heavy atom. The van der Waals surface area contributed by atoms with Gasteiger partial charge in [-0.3, -0.25) is 0 Å². The normalized spacial score (nSPS) is 12.3. The summed E-state index contributed by atoms with van der Waals surface area (Å²) in [5, 5.41) is 12.1. The third-order valence-corrected chi connectivity index (χ3v) is 2.34. The first-order valence-corrected chi connectivity index (χ1v) is 5.89. The average molecular weight is 276 g/mol. The zero-order valence-electron chi connectivity index (χ0n) is 10.7. The molecule has 0 aliphatic rings. The Bertz CT molecular complexity index is 371. The molecule has 102 valence electrons. The molecule has 0 saturated carbocycles. The van der Waals surface area contributed by atoms with Gasteiger partial charge >= 0.3 is 0 Å². The number of methoxy groups -OCH3 is 1. The summed E-state index contributed by atoms with van der Waals surface area (Å²) in [7, 11) is 5.23. The van der Waals surface area contributed by atoms with Crippen molar-refractivity contribution in [3.63, 3.8) is 0 Å². The van der Waals surface area contributed by atoms with E-state index in [0.717, 1.165) is 0 Å². The number of anilines is 2. The standard InChI is InChI=1S/C10H18ClN5O2/c1-16(2)10-14-8(11)13-9(15-10)12-7(4-5-17)6-18-3/h7,17H,4-6H2,1-3H3,(H,12,13,14,15). The topological polar surface area (TPSA) is 83.4 Å². The van der Waals surface area contributed by atoms with Crippen LogP contribution in [0.4, 0.5) is 11.9 Å². The van der Waals surface area contributed by atoms with Crippen LogP contribution in [0.5, 0.6) is 0 Å². The number of ether oxygens (including phenoxy) is 1. The van der Waals surface area contributed by atoms with Crippen LogP contribution in [0.25, 0.3) is 0 Å². The highest BCUT2D eigenvalue weighted by molar-refractivity contribution is 6.28. The van der Waals surface area contributed by atoms with Crippen molar-refractivity contribution < 1.29 is 9.84 Å². The second-order valence-electron chi connectivity index (χ2n) is 3.93. The zero-order chi connectivity index (χ0) is 13.5. The predicted molar refractivity (Wildman–Crippen MR) is 70.2 cm³/mol. The number of hydrogen-bond acceptors (Lipinski definition) is 7. The molecule has 0 amide bonds. The second-order valence-corrected chi connectivity index (χ2v) is 4.27. The first-order chi connectivity index (χ1) is 8.56. The summed E-state index contributed by atoms with van der Waals surface area (Å²) < 4.78 is 5.05. The number of rotatable bonds is 7. The van der Waals surface area contributed by atoms with E-state index in [0.29, 0.717) is 24.9 Å². The van der Waals surface area contributed by atoms with Crippen molar-refractivity contribution in [1.82, 2.24) is 15.0 Å². The smallest absolute Gasteiger partial charge is 0.230 e. The molecule has 1 unspecified atom stereocenters. The maximum absolute atomic E-state index is 8.96. The monoisotopic (exact) mass is 275 g/mol. The van der Waals surface area contributed by atoms with E-state index in [4.69, 9.17) is 21.4 Å². The van der Waals surface area contributed by atoms with Crippen molar-refractivity contribution in [3.05, 3.63) is 5.28 Å². The van der Waals surface area contributed by atoms with E-state index in [9.17, 15) is 0 Å². The van der Waals surface area contributed by atoms with Crippen LogP contribution >= 0.6 is 11.6 Å². The predicted octanol–water partition coefficient (Wildman–Crippen LogP) is 0.400. The third-order valence-electron chi connectivity index (χ3n) is 2.17. The van der Waals surface area contributed by atoms with Crippen LogP contribution in [0.1, 0.15) is 6.42 Å². The van der Waals surface area contributed by atoms with Crippen molar-refractivity contribution >= 4 is 23.5 Å². The summed E-state index contributed by atoms with van der Waals surface area (Å²) in [5.74, 6) is 0.840. The minimum Gasteiger partial charge on any atom is -0.396 e. The Labute approximate surface area is 111 Å². The van der Waals surface area contributed by atoms with Gasteiger partial charge in [0.05, 0.1) is 12.6 Å². The van der Waals surface area contributed by atoms with Crippen LogP contribution in [0.3, 0.4) is 0 Å². The lowest BCUT2D eigenvalue weighted by Crippen LogP contribution is -2.27. The lowest BCUT2D eigenvalue weighted by molar-refractivity contribution is 0.170. The molecule has 0 radical (unpaired) electrons. The van der Waals surface area contributed by atoms with Gasteiger partial charge in [-0.05, 0) is 18.0 Å². The molecule has 2 N–H and O–H groups in total. The fourth-order valence-electron chi connectivity index (χ4n) is 1.34. The molecule has 1 heterocycles. The number of aromatic nitrogens is 3. The minimum atomic E-state index is -0.0755. The van der Waals surface area contributed by atoms with Gasteiger partial charge in [-0.15, -0.1) is 0 Å². The van der Waals surface area contributed by atoms with Crippen molar-refractivity contribution in [2.24, 2.45) is 0 Å². The fraction of sp³-hybridized carbons (Fsp3) is 0.700. The average Bonchev–Trinajstić information content (AvgIpc) is 2.28. The highest BCUT2D eigenvalue weighted by Gasteiger charge is 2.12. The lowest BCUT2D eigenvalue weighted by atomic mass is 10.2. The van der Waals surface area contributed by atoms with Gasteiger partial charge in [0.1, 0.15) is 0 Å². The van der Waals surface area contributed by atoms with Crippen LogP contribution in [-0.4, -0.2) is 60.5 Å². The zero-order valence-corrected chi connectivity index (χ0v) is 11.5. The maximum atomic E-state index is 8.96. The van der Waals surface area contributed by atoms with Crippen LogP contribution in [0.15, 0.2) is 0 Å². The molecule has 8 heteroatoms. The van der Waals surface area contributed by atoms with Crippen molar-refractivity contribution in [1.29, 1.82) is 0 Å². The molecular formula is C10H18ClN5O2. The molecule has 1 aromatic rings. The third kappa shape index (κ3) is 4.59. The first kappa shape index (κ1) is 14.9. The van der Waals surface area contributed by atoms with E-state index in [1.54, 1.807) is 12.0 Å². The number of halogens is 1. The molecule has 0 aromatic carbocycles. The Morgan fingerprint density at radius 2 is 2.11 bits per heavy atom. The molecule has 7 nitrogen and oxygen atoms in total. The number of nitrogens with one attached hydrogen (secondary N) is 1. The van der Waals surface area contributed by atoms with E-state index in [1.807, 2.05) is 14.1 Å². The summed E-state index contributed by atoms with van der Waals surface area (Å²) in [6.07, 6.45) is 0.536. The molecule has 1 aromatic heterocycles. The molecule has 0 bridgehead atoms. The van der Waals surface area contributed by atoms with E-state index < -0.39 is 0 Å². The van der Waals surface area contributed by atoms with Gasteiger partial charge in [-0.1, -0.05) is 0 Å². The summed E-state index contributed by atoms with van der Waals surface area (Å²) in [6, 6.07) is -0.0755. The van der Waals surface area contributed by atoms with Gasteiger partial charge in [-0.2, -0.15) is 15.0 Å². The number of aliphatic hydroxyl groups excluding tert-OH is 1. The van der Waals surface area contributed by atoms with E-state index in [2.05, 4.69) is 20.3 Å². The molecule has 0 aliphatic carbocycles. The molecular weight excluding hydrogens is 258 g/mol. The van der Waals surface area contributed by atoms with Crippen molar-refractivity contribution in [2.45, 2.75) is 12.5 Å². The molecule has 0 aliphatic heterocycles. The summed E-state index contributed by atoms with van der Waals surface area (Å²) in [4.78, 5) is 13.9. The fourth-order valence-corrected chi connectivity index (χ4v) is 1.50. The van der Waals surface area contributed by atoms with Gasteiger partial charge in [0.25, 0.3) is 0 Å². The van der Waals surface area contributed by atoms with Crippen molar-refractivity contribution in [2.75, 3.05) is 44.6 Å². The highest BCUT2D eigenvalue weighted by atomic mass is 35.5. The van der Waals surface area contributed by atoms with E-state index in [-0.39, 0.29) is 17.9 Å². The first-order valence-electron chi connectivity index (χ1n) is 5.52. The Morgan fingerprint density at radius 3 is 2.67 bits per heavy atom. The molecule has 18 heavy (non-hydrogen) atoms. The van der Waals surface area contributed by atoms with Crippen LogP contribution in [-0.2, 0) is 4.74 Å². The highest BCUT2D eigenvalue weighted by Crippen LogP contribution is 2.12. The SMILES string of the molecule is COCC(CCO)Nc1nc(Cl)nc(N(C)C)n1. The summed E-state index contributed by atoms with van der Waals surface area (Å²) in [6.45, 7) is 0.502. The molecule has 0 spiro atoms. The number of aliphatic hydroxyl groups is 1. The van der Waals surface area contributed by atoms with Crippen LogP contribution in [0.2, 0.25) is 5.28 Å². The van der Waals surface area contributed by atoms with E-state index >= 15 is 0 Å². The van der Waals surface area contributed by atoms with Crippen LogP contribution in [0, 0.1) is 0 Å². The Balaban J connectivity index is 2.81. The number of hydrogen-bond donors (Lipinski definition) is 2. The Hall–Kier alpha value is -1.18. The van der Waals surface area contributed by atoms with Crippen molar-refractivity contribution in [3.8, 4) is 0 Å². The summed E-state index contributed by atoms with van der Waals surface area (Å²) >= 11 is 5.82. The van der Waals surface area contributed by atoms with Gasteiger partial charge in [-0.25, -0.2) is 0 Å². The van der Waals surface area contributed by atoms with Gasteiger partial charge in [0, 0.05) is 27.8 Å². The van der Waals surface area contributed by atoms with Crippen LogP contribution < -0.4 is 10.2 Å². The molecule has 0 fully saturated rings. The maximum Gasteiger partial charge on any atom is 0.230 e. The Kier molecular flexibility index (Phi) is 6.03. The van der Waals surface area contributed by atoms with Gasteiger partial charge in [0.2, 0.25) is 17.2 Å². The minimum absolute atomic E-state index is 0.0559. The lowest BCUT2D eigenvalue weighted by Gasteiger charge is -2.18. The van der Waals surface area contributed by atoms with Gasteiger partial charge in [0.15, 0.2) is 0 Å². The molecule has 1 rings (SSSR count). The largest absolute Gasteiger partial charge is 0.396 e. The quantitative estimate of drug-likeness (QED) is 0.745. The number of nitrogens with zero attached hydrogens (tertiary/aromatic N) is 4. The second kappa shape index (κ2) is 7.30.